The van der Waals surface area contributed by atoms with Gasteiger partial charge in [-0.05, 0) is 48.3 Å². The average molecular weight is 449 g/mol. The van der Waals surface area contributed by atoms with E-state index >= 15 is 0 Å². The van der Waals surface area contributed by atoms with Gasteiger partial charge in [0.15, 0.2) is 0 Å². The first-order chi connectivity index (χ1) is 16.1. The Morgan fingerprint density at radius 2 is 1.76 bits per heavy atom. The number of amides is 1. The molecule has 1 aromatic heterocycles. The van der Waals surface area contributed by atoms with Gasteiger partial charge in [-0.15, -0.1) is 5.10 Å². The zero-order chi connectivity index (χ0) is 23.0. The lowest BCUT2D eigenvalue weighted by atomic mass is 9.81. The van der Waals surface area contributed by atoms with Gasteiger partial charge >= 0.3 is 5.97 Å². The van der Waals surface area contributed by atoms with Gasteiger partial charge in [0.25, 0.3) is 5.91 Å². The van der Waals surface area contributed by atoms with Crippen LogP contribution < -0.4 is 5.32 Å². The van der Waals surface area contributed by atoms with Crippen molar-refractivity contribution in [2.45, 2.75) is 31.7 Å². The SMILES string of the molecule is O=C(NC(Cc1ccc(-c2ccccc2)cc1)CC(C(=O)O)C1CCOCC1)c1cnn[nH]1. The number of aromatic amines is 1. The quantitative estimate of drug-likeness (QED) is 0.462. The highest BCUT2D eigenvalue weighted by Gasteiger charge is 2.32. The van der Waals surface area contributed by atoms with Gasteiger partial charge < -0.3 is 15.2 Å². The number of rotatable bonds is 9. The van der Waals surface area contributed by atoms with Crippen molar-refractivity contribution >= 4 is 11.9 Å². The van der Waals surface area contributed by atoms with E-state index in [-0.39, 0.29) is 23.6 Å². The van der Waals surface area contributed by atoms with Crippen LogP contribution >= 0.6 is 0 Å². The summed E-state index contributed by atoms with van der Waals surface area (Å²) in [6, 6.07) is 17.9. The Balaban J connectivity index is 1.51. The van der Waals surface area contributed by atoms with Crippen molar-refractivity contribution in [2.75, 3.05) is 13.2 Å². The summed E-state index contributed by atoms with van der Waals surface area (Å²) in [4.78, 5) is 24.8. The molecule has 1 fully saturated rings. The second kappa shape index (κ2) is 10.9. The van der Waals surface area contributed by atoms with E-state index in [1.807, 2.05) is 30.3 Å². The average Bonchev–Trinajstić information content (AvgIpc) is 3.39. The first kappa shape index (κ1) is 22.7. The van der Waals surface area contributed by atoms with Gasteiger partial charge in [-0.25, -0.2) is 0 Å². The molecule has 2 unspecified atom stereocenters. The summed E-state index contributed by atoms with van der Waals surface area (Å²) in [5.41, 5.74) is 3.51. The van der Waals surface area contributed by atoms with Crippen LogP contribution in [-0.2, 0) is 16.0 Å². The summed E-state index contributed by atoms with van der Waals surface area (Å²) < 4.78 is 5.41. The molecule has 0 radical (unpaired) electrons. The van der Waals surface area contributed by atoms with Gasteiger partial charge in [-0.2, -0.15) is 0 Å². The van der Waals surface area contributed by atoms with Crippen LogP contribution in [0.2, 0.25) is 0 Å². The number of ether oxygens (including phenoxy) is 1. The number of hydrogen-bond acceptors (Lipinski definition) is 5. The molecule has 0 spiro atoms. The van der Waals surface area contributed by atoms with Gasteiger partial charge in [0.1, 0.15) is 5.69 Å². The Morgan fingerprint density at radius 3 is 2.39 bits per heavy atom. The van der Waals surface area contributed by atoms with Crippen LogP contribution in [-0.4, -0.2) is 51.6 Å². The second-order valence-electron chi connectivity index (χ2n) is 8.44. The van der Waals surface area contributed by atoms with E-state index in [0.717, 1.165) is 16.7 Å². The highest BCUT2D eigenvalue weighted by atomic mass is 16.5. The van der Waals surface area contributed by atoms with Crippen molar-refractivity contribution in [3.8, 4) is 11.1 Å². The van der Waals surface area contributed by atoms with Crippen molar-refractivity contribution in [3.05, 3.63) is 72.1 Å². The monoisotopic (exact) mass is 448 g/mol. The summed E-state index contributed by atoms with van der Waals surface area (Å²) in [6.45, 7) is 1.15. The molecule has 33 heavy (non-hydrogen) atoms. The Hall–Kier alpha value is -3.52. The minimum absolute atomic E-state index is 0.0323. The maximum Gasteiger partial charge on any atom is 0.306 e. The number of benzene rings is 2. The number of aromatic nitrogens is 3. The van der Waals surface area contributed by atoms with E-state index in [9.17, 15) is 14.7 Å². The van der Waals surface area contributed by atoms with E-state index in [4.69, 9.17) is 4.74 Å². The largest absolute Gasteiger partial charge is 0.481 e. The van der Waals surface area contributed by atoms with Crippen LogP contribution in [0.15, 0.2) is 60.8 Å². The molecule has 1 aliphatic heterocycles. The zero-order valence-electron chi connectivity index (χ0n) is 18.3. The minimum atomic E-state index is -0.830. The number of carboxylic acid groups (broad SMARTS) is 1. The molecule has 8 heteroatoms. The van der Waals surface area contributed by atoms with Gasteiger partial charge in [0.2, 0.25) is 0 Å². The fraction of sp³-hybridized carbons (Fsp3) is 0.360. The second-order valence-corrected chi connectivity index (χ2v) is 8.44. The van der Waals surface area contributed by atoms with Crippen LogP contribution in [0, 0.1) is 11.8 Å². The molecule has 1 saturated heterocycles. The highest BCUT2D eigenvalue weighted by Crippen LogP contribution is 2.29. The number of H-pyrrole nitrogens is 1. The summed E-state index contributed by atoms with van der Waals surface area (Å²) in [6.07, 6.45) is 3.65. The predicted octanol–water partition coefficient (Wildman–Crippen LogP) is 3.33. The maximum absolute atomic E-state index is 12.7. The van der Waals surface area contributed by atoms with Gasteiger partial charge in [-0.3, -0.25) is 14.7 Å². The van der Waals surface area contributed by atoms with Gasteiger partial charge in [0.05, 0.1) is 12.1 Å². The van der Waals surface area contributed by atoms with E-state index in [1.165, 1.54) is 6.20 Å². The highest BCUT2D eigenvalue weighted by molar-refractivity contribution is 5.92. The number of carboxylic acids is 1. The van der Waals surface area contributed by atoms with E-state index < -0.39 is 11.9 Å². The normalized spacial score (nSPS) is 16.1. The molecule has 2 aromatic carbocycles. The predicted molar refractivity (Wildman–Crippen MR) is 123 cm³/mol. The van der Waals surface area contributed by atoms with Crippen molar-refractivity contribution in [1.82, 2.24) is 20.7 Å². The van der Waals surface area contributed by atoms with E-state index in [0.29, 0.717) is 38.9 Å². The summed E-state index contributed by atoms with van der Waals surface area (Å²) in [5, 5.41) is 22.8. The van der Waals surface area contributed by atoms with Crippen molar-refractivity contribution < 1.29 is 19.4 Å². The van der Waals surface area contributed by atoms with Crippen LogP contribution in [0.25, 0.3) is 11.1 Å². The lowest BCUT2D eigenvalue weighted by Gasteiger charge is -2.30. The van der Waals surface area contributed by atoms with E-state index in [2.05, 4.69) is 45.0 Å². The molecule has 3 N–H and O–H groups in total. The van der Waals surface area contributed by atoms with E-state index in [1.54, 1.807) is 0 Å². The maximum atomic E-state index is 12.7. The first-order valence-electron chi connectivity index (χ1n) is 11.2. The Labute approximate surface area is 192 Å². The number of nitrogens with zero attached hydrogens (tertiary/aromatic N) is 2. The number of nitrogens with one attached hydrogen (secondary N) is 2. The molecular formula is C25H28N4O4. The molecule has 2 atom stereocenters. The Kier molecular flexibility index (Phi) is 7.47. The number of carbonyl (C=O) groups excluding carboxylic acids is 1. The number of hydrogen-bond donors (Lipinski definition) is 3. The fourth-order valence-corrected chi connectivity index (χ4v) is 4.43. The van der Waals surface area contributed by atoms with Crippen LogP contribution in [0.5, 0.6) is 0 Å². The number of carbonyl (C=O) groups is 2. The van der Waals surface area contributed by atoms with Crippen molar-refractivity contribution in [2.24, 2.45) is 11.8 Å². The third-order valence-electron chi connectivity index (χ3n) is 6.23. The van der Waals surface area contributed by atoms with Crippen molar-refractivity contribution in [3.63, 3.8) is 0 Å². The van der Waals surface area contributed by atoms with Crippen LogP contribution in [0.3, 0.4) is 0 Å². The minimum Gasteiger partial charge on any atom is -0.481 e. The molecular weight excluding hydrogens is 420 g/mol. The molecule has 2 heterocycles. The van der Waals surface area contributed by atoms with Crippen molar-refractivity contribution in [1.29, 1.82) is 0 Å². The molecule has 8 nitrogen and oxygen atoms in total. The Morgan fingerprint density at radius 1 is 1.06 bits per heavy atom. The Bertz CT molecular complexity index is 1030. The molecule has 0 aliphatic carbocycles. The topological polar surface area (TPSA) is 117 Å². The number of aliphatic carboxylic acids is 1. The zero-order valence-corrected chi connectivity index (χ0v) is 18.3. The van der Waals surface area contributed by atoms with Gasteiger partial charge in [0, 0.05) is 19.3 Å². The van der Waals surface area contributed by atoms with Crippen LogP contribution in [0.1, 0.15) is 35.3 Å². The molecule has 1 amide bonds. The molecule has 1 aliphatic rings. The third kappa shape index (κ3) is 6.04. The standard InChI is InChI=1S/C25H28N4O4/c30-24(23-16-26-29-28-23)27-21(15-22(25(31)32)20-10-12-33-13-11-20)14-17-6-8-19(9-7-17)18-4-2-1-3-5-18/h1-9,16,20-22H,10-15H2,(H,27,30)(H,31,32)(H,26,28,29). The lowest BCUT2D eigenvalue weighted by molar-refractivity contribution is -0.145. The molecule has 0 saturated carbocycles. The summed E-state index contributed by atoms with van der Waals surface area (Å²) in [7, 11) is 0. The van der Waals surface area contributed by atoms with Gasteiger partial charge in [-0.1, -0.05) is 59.8 Å². The smallest absolute Gasteiger partial charge is 0.306 e. The third-order valence-corrected chi connectivity index (χ3v) is 6.23. The first-order valence-corrected chi connectivity index (χ1v) is 11.2. The molecule has 4 rings (SSSR count). The fourth-order valence-electron chi connectivity index (χ4n) is 4.43. The summed E-state index contributed by atoms with van der Waals surface area (Å²) in [5.74, 6) is -1.70. The molecule has 3 aromatic rings. The summed E-state index contributed by atoms with van der Waals surface area (Å²) >= 11 is 0. The lowest BCUT2D eigenvalue weighted by Crippen LogP contribution is -2.41. The molecule has 0 bridgehead atoms. The van der Waals surface area contributed by atoms with Crippen LogP contribution in [0.4, 0.5) is 0 Å². The molecule has 172 valence electrons.